The molecule has 3 unspecified atom stereocenters. The van der Waals surface area contributed by atoms with Gasteiger partial charge in [-0.3, -0.25) is 0 Å². The van der Waals surface area contributed by atoms with Crippen molar-refractivity contribution in [2.24, 2.45) is 11.7 Å². The Morgan fingerprint density at radius 1 is 0.921 bits per heavy atom. The molecule has 0 aliphatic rings. The number of rotatable bonds is 20. The molecule has 0 saturated carbocycles. The Morgan fingerprint density at radius 2 is 1.45 bits per heavy atom. The number of hydrogen-bond donors (Lipinski definition) is 7. The van der Waals surface area contributed by atoms with Gasteiger partial charge >= 0.3 is 23.8 Å². The van der Waals surface area contributed by atoms with E-state index in [1.165, 1.54) is 6.08 Å². The van der Waals surface area contributed by atoms with Gasteiger partial charge in [-0.2, -0.15) is 12.6 Å². The van der Waals surface area contributed by atoms with E-state index in [9.17, 15) is 19.5 Å². The number of nitrogens with one attached hydrogen (secondary N) is 1. The number of hydrogen-bond acceptors (Lipinski definition) is 9. The van der Waals surface area contributed by atoms with Crippen molar-refractivity contribution in [2.75, 3.05) is 5.75 Å². The highest BCUT2D eigenvalue weighted by atomic mass is 32.1. The maximum absolute atomic E-state index is 12.8. The average molecular weight is 553 g/mol. The fraction of sp³-hybridized carbons (Fsp3) is 0.444. The van der Waals surface area contributed by atoms with Crippen molar-refractivity contribution in [2.45, 2.75) is 63.3 Å². The zero-order valence-corrected chi connectivity index (χ0v) is 22.5. The predicted octanol–water partition coefficient (Wildman–Crippen LogP) is 3.66. The van der Waals surface area contributed by atoms with Gasteiger partial charge in [-0.05, 0) is 31.6 Å². The molecule has 0 rings (SSSR count). The summed E-state index contributed by atoms with van der Waals surface area (Å²) < 4.78 is 4.64. The third-order valence-electron chi connectivity index (χ3n) is 5.51. The fourth-order valence-electron chi connectivity index (χ4n) is 3.31. The lowest BCUT2D eigenvalue weighted by molar-refractivity contribution is -0.263. The Balaban J connectivity index is 4.95. The molecule has 212 valence electrons. The van der Waals surface area contributed by atoms with E-state index in [-0.39, 0.29) is 11.7 Å². The first kappa shape index (κ1) is 35.0. The van der Waals surface area contributed by atoms with Crippen molar-refractivity contribution < 1.29 is 39.6 Å². The number of carboxylic acid groups (broad SMARTS) is 2. The van der Waals surface area contributed by atoms with Crippen molar-refractivity contribution in [1.29, 1.82) is 0 Å². The molecule has 0 bridgehead atoms. The third kappa shape index (κ3) is 14.1. The van der Waals surface area contributed by atoms with E-state index in [4.69, 9.17) is 21.2 Å². The van der Waals surface area contributed by atoms with Crippen LogP contribution in [-0.2, 0) is 19.1 Å². The number of allylic oxidation sites excluding steroid dienone is 11. The smallest absolute Gasteiger partial charge is 0.397 e. The Labute approximate surface area is 229 Å². The van der Waals surface area contributed by atoms with Crippen molar-refractivity contribution in [3.8, 4) is 0 Å². The normalized spacial score (nSPS) is 16.7. The standard InChI is InChI=1S/C27H40N2O8S/c1-2-3-15-18-22(26(28,21-38)25(34)37-27(35,29-36)24(32)33)19-16-13-11-9-7-5-4-6-8-10-12-14-17-20-23(30)31/h4-12,14,17,20,22,29,35-36,38H,2-3,13,15-16,18-19,21,28H2,1H3,(H,30,31)(H,32,33)/b6-4+,7-5+,10-8+,11-9+,14-12+,20-17+. The molecule has 0 aromatic rings. The Bertz CT molecular complexity index is 913. The second-order valence-corrected chi connectivity index (χ2v) is 8.75. The number of unbranched alkanes of at least 4 members (excludes halogenated alkanes) is 3. The van der Waals surface area contributed by atoms with Crippen LogP contribution in [0.25, 0.3) is 0 Å². The van der Waals surface area contributed by atoms with Crippen LogP contribution in [0.2, 0.25) is 0 Å². The molecule has 0 aromatic carbocycles. The SMILES string of the molecule is CCCCCC(CCC/C=C/C=C/C=C/C=C/C=C/C=C/C(=O)O)C(N)(CS)C(=O)OC(O)(NO)C(=O)O. The van der Waals surface area contributed by atoms with Crippen molar-refractivity contribution in [3.63, 3.8) is 0 Å². The topological polar surface area (TPSA) is 179 Å². The van der Waals surface area contributed by atoms with Gasteiger partial charge in [-0.1, -0.05) is 93.0 Å². The Hall–Kier alpha value is -2.96. The molecule has 0 aliphatic carbocycles. The van der Waals surface area contributed by atoms with E-state index < -0.39 is 29.4 Å². The van der Waals surface area contributed by atoms with E-state index in [1.54, 1.807) is 24.3 Å². The quantitative estimate of drug-likeness (QED) is 0.0224. The summed E-state index contributed by atoms with van der Waals surface area (Å²) in [7, 11) is 0. The van der Waals surface area contributed by atoms with Gasteiger partial charge in [0, 0.05) is 11.8 Å². The van der Waals surface area contributed by atoms with E-state index in [1.807, 2.05) is 43.4 Å². The summed E-state index contributed by atoms with van der Waals surface area (Å²) in [4.78, 5) is 34.3. The van der Waals surface area contributed by atoms with Gasteiger partial charge in [0.05, 0.1) is 0 Å². The summed E-state index contributed by atoms with van der Waals surface area (Å²) in [5.74, 6) is -8.01. The second-order valence-electron chi connectivity index (χ2n) is 8.44. The first-order valence-electron chi connectivity index (χ1n) is 12.3. The Kier molecular flexibility index (Phi) is 18.5. The lowest BCUT2D eigenvalue weighted by Crippen LogP contribution is -2.62. The number of carbonyl (C=O) groups excluding carboxylic acids is 1. The molecule has 38 heavy (non-hydrogen) atoms. The van der Waals surface area contributed by atoms with Crippen LogP contribution in [0.5, 0.6) is 0 Å². The van der Waals surface area contributed by atoms with Gasteiger partial charge in [0.2, 0.25) is 0 Å². The summed E-state index contributed by atoms with van der Waals surface area (Å²) in [5.41, 5.74) is 5.77. The number of aliphatic hydroxyl groups is 1. The molecule has 0 spiro atoms. The Morgan fingerprint density at radius 3 is 1.92 bits per heavy atom. The summed E-state index contributed by atoms with van der Waals surface area (Å²) in [6.07, 6.45) is 25.8. The van der Waals surface area contributed by atoms with E-state index in [2.05, 4.69) is 17.4 Å². The molecule has 0 radical (unpaired) electrons. The molecule has 0 aliphatic heterocycles. The number of aliphatic carboxylic acids is 2. The minimum Gasteiger partial charge on any atom is -0.478 e. The van der Waals surface area contributed by atoms with Gasteiger partial charge < -0.3 is 31.0 Å². The van der Waals surface area contributed by atoms with E-state index >= 15 is 0 Å². The highest BCUT2D eigenvalue weighted by Crippen LogP contribution is 2.30. The molecule has 0 aromatic heterocycles. The summed E-state index contributed by atoms with van der Waals surface area (Å²) >= 11 is 4.21. The summed E-state index contributed by atoms with van der Waals surface area (Å²) in [6, 6.07) is 0. The van der Waals surface area contributed by atoms with E-state index in [0.717, 1.165) is 30.8 Å². The second kappa shape index (κ2) is 20.1. The third-order valence-corrected chi connectivity index (χ3v) is 6.03. The number of carbonyl (C=O) groups is 3. The molecular weight excluding hydrogens is 512 g/mol. The number of esters is 1. The van der Waals surface area contributed by atoms with Crippen molar-refractivity contribution in [3.05, 3.63) is 72.9 Å². The van der Waals surface area contributed by atoms with Crippen LogP contribution in [0.1, 0.15) is 51.9 Å². The molecular formula is C27H40N2O8S. The van der Waals surface area contributed by atoms with Crippen molar-refractivity contribution >= 4 is 30.5 Å². The maximum Gasteiger partial charge on any atom is 0.397 e. The monoisotopic (exact) mass is 552 g/mol. The minimum absolute atomic E-state index is 0.141. The van der Waals surface area contributed by atoms with Crippen LogP contribution in [0, 0.1) is 5.92 Å². The molecule has 11 heteroatoms. The van der Waals surface area contributed by atoms with Gasteiger partial charge in [0.25, 0.3) is 0 Å². The zero-order valence-electron chi connectivity index (χ0n) is 21.6. The van der Waals surface area contributed by atoms with Crippen LogP contribution >= 0.6 is 12.6 Å². The first-order valence-corrected chi connectivity index (χ1v) is 12.9. The summed E-state index contributed by atoms with van der Waals surface area (Å²) in [6.45, 7) is 2.04. The highest BCUT2D eigenvalue weighted by Gasteiger charge is 2.48. The number of ether oxygens (including phenoxy) is 1. The van der Waals surface area contributed by atoms with Crippen LogP contribution in [0.4, 0.5) is 0 Å². The average Bonchev–Trinajstić information content (AvgIpc) is 2.88. The van der Waals surface area contributed by atoms with Gasteiger partial charge in [0.1, 0.15) is 5.54 Å². The van der Waals surface area contributed by atoms with Crippen LogP contribution in [0.15, 0.2) is 72.9 Å². The van der Waals surface area contributed by atoms with Gasteiger partial charge in [-0.25, -0.2) is 14.4 Å². The van der Waals surface area contributed by atoms with Crippen LogP contribution in [-0.4, -0.2) is 55.6 Å². The molecule has 0 fully saturated rings. The molecule has 0 amide bonds. The summed E-state index contributed by atoms with van der Waals surface area (Å²) in [5, 5.41) is 36.3. The molecule has 7 N–H and O–H groups in total. The van der Waals surface area contributed by atoms with Crippen LogP contribution in [0.3, 0.4) is 0 Å². The van der Waals surface area contributed by atoms with Crippen LogP contribution < -0.4 is 11.2 Å². The fourth-order valence-corrected chi connectivity index (χ4v) is 3.70. The molecule has 3 atom stereocenters. The number of carboxylic acids is 2. The maximum atomic E-state index is 12.8. The number of nitrogens with two attached hydrogens (primary N) is 1. The lowest BCUT2D eigenvalue weighted by Gasteiger charge is -2.36. The lowest BCUT2D eigenvalue weighted by atomic mass is 9.79. The minimum atomic E-state index is -3.31. The highest BCUT2D eigenvalue weighted by molar-refractivity contribution is 7.80. The molecule has 10 nitrogen and oxygen atoms in total. The molecule has 0 saturated heterocycles. The van der Waals surface area contributed by atoms with Gasteiger partial charge in [-0.15, -0.1) is 5.48 Å². The van der Waals surface area contributed by atoms with Crippen molar-refractivity contribution in [1.82, 2.24) is 5.48 Å². The number of thiol groups is 1. The largest absolute Gasteiger partial charge is 0.478 e. The van der Waals surface area contributed by atoms with Gasteiger partial charge in [0.15, 0.2) is 0 Å². The molecule has 0 heterocycles. The zero-order chi connectivity index (χ0) is 28.9. The number of hydroxylamine groups is 1. The first-order chi connectivity index (χ1) is 18.1. The van der Waals surface area contributed by atoms with E-state index in [0.29, 0.717) is 25.7 Å². The predicted molar refractivity (Wildman–Crippen MR) is 148 cm³/mol.